The standard InChI is InChI=1S/C27H56NO7P/c1-5-6-7-8-9-10-11-12-13-14-15-16-17-18-19-20-21-27(30)33-24-26(29)25-35-36(31,32)34-23-22-28(2,3)4/h26,29H,5-25H2,1-4H3/p+1/t26-/m1/s1/i24D2,25D2,26D. The smallest absolute Gasteiger partial charge is 0.463 e. The molecule has 9 heteroatoms. The minimum Gasteiger partial charge on any atom is -0.463 e. The number of likely N-dealkylation sites (N-methyl/N-ethyl adjacent to an activating group) is 1. The maximum atomic E-state index is 12.2. The van der Waals surface area contributed by atoms with Gasteiger partial charge in [0, 0.05) is 6.42 Å². The SMILES string of the molecule is [2H]C([2H])(OC(=O)CCCCCCCCCCCCCCCCCC)[C@@]([2H])(O)C([2H])([2H])OP(=O)(O)OCC[N+](C)(C)C. The van der Waals surface area contributed by atoms with Crippen molar-refractivity contribution in [3.8, 4) is 0 Å². The molecule has 0 aromatic rings. The summed E-state index contributed by atoms with van der Waals surface area (Å²) in [6, 6.07) is 0. The lowest BCUT2D eigenvalue weighted by Crippen LogP contribution is -2.37. The zero-order valence-corrected chi connectivity index (χ0v) is 24.2. The lowest BCUT2D eigenvalue weighted by atomic mass is 10.0. The number of hydrogen-bond acceptors (Lipinski definition) is 6. The van der Waals surface area contributed by atoms with Crippen molar-refractivity contribution in [2.75, 3.05) is 47.4 Å². The summed E-state index contributed by atoms with van der Waals surface area (Å²) < 4.78 is 64.9. The first kappa shape index (κ1) is 27.1. The van der Waals surface area contributed by atoms with Gasteiger partial charge in [0.2, 0.25) is 0 Å². The van der Waals surface area contributed by atoms with Gasteiger partial charge in [0.05, 0.1) is 34.6 Å². The Morgan fingerprint density at radius 2 is 1.28 bits per heavy atom. The number of carbonyl (C=O) groups excluding carboxylic acids is 1. The van der Waals surface area contributed by atoms with Crippen LogP contribution < -0.4 is 0 Å². The summed E-state index contributed by atoms with van der Waals surface area (Å²) >= 11 is 0. The van der Waals surface area contributed by atoms with Crippen molar-refractivity contribution < 1.29 is 44.5 Å². The van der Waals surface area contributed by atoms with E-state index in [1.165, 1.54) is 70.6 Å². The van der Waals surface area contributed by atoms with Crippen LogP contribution in [0.25, 0.3) is 0 Å². The topological polar surface area (TPSA) is 102 Å². The van der Waals surface area contributed by atoms with Crippen LogP contribution in [-0.4, -0.2) is 73.9 Å². The second kappa shape index (κ2) is 22.5. The summed E-state index contributed by atoms with van der Waals surface area (Å²) in [7, 11) is 0.247. The van der Waals surface area contributed by atoms with E-state index in [0.717, 1.165) is 25.7 Å². The summed E-state index contributed by atoms with van der Waals surface area (Å²) in [6.45, 7) is -5.14. The highest BCUT2D eigenvalue weighted by Gasteiger charge is 2.24. The van der Waals surface area contributed by atoms with Crippen LogP contribution in [0.5, 0.6) is 0 Å². The molecule has 36 heavy (non-hydrogen) atoms. The predicted octanol–water partition coefficient (Wildman–Crippen LogP) is 6.38. The van der Waals surface area contributed by atoms with Crippen LogP contribution in [0, 0.1) is 0 Å². The molecule has 216 valence electrons. The molecule has 0 aliphatic heterocycles. The fraction of sp³-hybridized carbons (Fsp3) is 0.963. The normalized spacial score (nSPS) is 18.2. The second-order valence-corrected chi connectivity index (χ2v) is 11.9. The van der Waals surface area contributed by atoms with Gasteiger partial charge in [0.1, 0.15) is 25.8 Å². The number of unbranched alkanes of at least 4 members (excludes halogenated alkanes) is 15. The van der Waals surface area contributed by atoms with Crippen molar-refractivity contribution in [1.82, 2.24) is 0 Å². The average molecular weight is 544 g/mol. The van der Waals surface area contributed by atoms with Crippen LogP contribution in [0.3, 0.4) is 0 Å². The zero-order valence-electron chi connectivity index (χ0n) is 28.3. The minimum atomic E-state index is -5.12. The van der Waals surface area contributed by atoms with Crippen LogP contribution in [0.15, 0.2) is 0 Å². The number of esters is 1. The van der Waals surface area contributed by atoms with Crippen LogP contribution in [-0.2, 0) is 23.1 Å². The van der Waals surface area contributed by atoms with Gasteiger partial charge in [0.25, 0.3) is 0 Å². The molecule has 1 unspecified atom stereocenters. The Kier molecular flexibility index (Phi) is 16.9. The van der Waals surface area contributed by atoms with E-state index in [0.29, 0.717) is 10.9 Å². The van der Waals surface area contributed by atoms with Gasteiger partial charge in [-0.1, -0.05) is 103 Å². The van der Waals surface area contributed by atoms with E-state index in [1.807, 2.05) is 0 Å². The van der Waals surface area contributed by atoms with Gasteiger partial charge in [-0.3, -0.25) is 13.8 Å². The van der Waals surface area contributed by atoms with Crippen LogP contribution in [0.1, 0.15) is 123 Å². The molecule has 0 aliphatic rings. The first-order chi connectivity index (χ1) is 18.9. The minimum absolute atomic E-state index is 0.176. The van der Waals surface area contributed by atoms with Crippen molar-refractivity contribution in [2.24, 2.45) is 0 Å². The van der Waals surface area contributed by atoms with Gasteiger partial charge < -0.3 is 19.2 Å². The third-order valence-electron chi connectivity index (χ3n) is 5.77. The Labute approximate surface area is 228 Å². The highest BCUT2D eigenvalue weighted by Crippen LogP contribution is 2.43. The summed E-state index contributed by atoms with van der Waals surface area (Å²) in [5.41, 5.74) is 0. The maximum absolute atomic E-state index is 12.2. The summed E-state index contributed by atoms with van der Waals surface area (Å²) in [6.07, 6.45) is 14.5. The fourth-order valence-electron chi connectivity index (χ4n) is 3.55. The lowest BCUT2D eigenvalue weighted by molar-refractivity contribution is -0.870. The van der Waals surface area contributed by atoms with Gasteiger partial charge in [-0.2, -0.15) is 0 Å². The van der Waals surface area contributed by atoms with Crippen molar-refractivity contribution in [3.63, 3.8) is 0 Å². The number of phosphoric ester groups is 1. The van der Waals surface area contributed by atoms with Gasteiger partial charge in [0.15, 0.2) is 0 Å². The number of aliphatic hydroxyl groups is 1. The fourth-order valence-corrected chi connectivity index (χ4v) is 4.12. The third kappa shape index (κ3) is 26.6. The number of phosphoric acid groups is 1. The van der Waals surface area contributed by atoms with Crippen molar-refractivity contribution in [1.29, 1.82) is 0 Å². The molecule has 0 radical (unpaired) electrons. The highest BCUT2D eigenvalue weighted by atomic mass is 31.2. The van der Waals surface area contributed by atoms with Crippen molar-refractivity contribution in [3.05, 3.63) is 0 Å². The van der Waals surface area contributed by atoms with Crippen LogP contribution in [0.2, 0.25) is 0 Å². The Balaban J connectivity index is 4.23. The highest BCUT2D eigenvalue weighted by molar-refractivity contribution is 7.47. The van der Waals surface area contributed by atoms with Crippen LogP contribution in [0.4, 0.5) is 0 Å². The molecule has 2 atom stereocenters. The summed E-state index contributed by atoms with van der Waals surface area (Å²) in [5, 5.41) is 10.3. The average Bonchev–Trinajstić information content (AvgIpc) is 2.81. The molecular formula is C27H57NO7P+. The van der Waals surface area contributed by atoms with Gasteiger partial charge in [-0.15, -0.1) is 0 Å². The Morgan fingerprint density at radius 1 is 0.833 bits per heavy atom. The number of rotatable bonds is 26. The van der Waals surface area contributed by atoms with Gasteiger partial charge >= 0.3 is 13.8 Å². The second-order valence-electron chi connectivity index (χ2n) is 10.5. The molecule has 2 N–H and O–H groups in total. The molecule has 0 aliphatic carbocycles. The molecular weight excluding hydrogens is 481 g/mol. The monoisotopic (exact) mass is 543 g/mol. The lowest BCUT2D eigenvalue weighted by Gasteiger charge is -2.24. The molecule has 0 fully saturated rings. The van der Waals surface area contributed by atoms with Crippen molar-refractivity contribution >= 4 is 13.8 Å². The number of hydrogen-bond donors (Lipinski definition) is 2. The third-order valence-corrected chi connectivity index (χ3v) is 6.60. The predicted molar refractivity (Wildman–Crippen MR) is 146 cm³/mol. The molecule has 0 spiro atoms. The Hall–Kier alpha value is -0.500. The van der Waals surface area contributed by atoms with E-state index >= 15 is 0 Å². The van der Waals surface area contributed by atoms with Gasteiger partial charge in [-0.05, 0) is 6.42 Å². The van der Waals surface area contributed by atoms with E-state index in [1.54, 1.807) is 21.1 Å². The van der Waals surface area contributed by atoms with E-state index in [-0.39, 0.29) is 19.6 Å². The zero-order chi connectivity index (χ0) is 31.6. The van der Waals surface area contributed by atoms with E-state index in [2.05, 4.69) is 20.7 Å². The largest absolute Gasteiger partial charge is 0.472 e. The molecule has 8 nitrogen and oxygen atoms in total. The van der Waals surface area contributed by atoms with Crippen LogP contribution >= 0.6 is 7.82 Å². The first-order valence-electron chi connectivity index (χ1n) is 16.3. The number of nitrogens with zero attached hydrogens (tertiary/aromatic N) is 1. The van der Waals surface area contributed by atoms with E-state index < -0.39 is 33.0 Å². The molecule has 0 heterocycles. The molecule has 0 saturated heterocycles. The summed E-state index contributed by atoms with van der Waals surface area (Å²) in [4.78, 5) is 22.0. The van der Waals surface area contributed by atoms with E-state index in [4.69, 9.17) is 6.85 Å². The Bertz CT molecular complexity index is 767. The molecule has 0 amide bonds. The maximum Gasteiger partial charge on any atom is 0.472 e. The molecule has 0 aromatic heterocycles. The Morgan fingerprint density at radius 3 is 1.72 bits per heavy atom. The quantitative estimate of drug-likeness (QED) is 0.0565. The number of ether oxygens (including phenoxy) is 1. The van der Waals surface area contributed by atoms with Gasteiger partial charge in [-0.25, -0.2) is 4.57 Å². The first-order valence-corrected chi connectivity index (χ1v) is 15.3. The number of carbonyl (C=O) groups is 1. The number of quaternary nitrogens is 1. The molecule has 0 saturated carbocycles. The molecule has 0 aromatic carbocycles. The molecule has 0 rings (SSSR count). The van der Waals surface area contributed by atoms with E-state index in [9.17, 15) is 19.4 Å². The summed E-state index contributed by atoms with van der Waals surface area (Å²) in [5.74, 6) is -1.06. The van der Waals surface area contributed by atoms with Crippen molar-refractivity contribution in [2.45, 2.75) is 122 Å². The molecule has 0 bridgehead atoms.